The Morgan fingerprint density at radius 3 is 2.24 bits per heavy atom. The molecule has 0 saturated heterocycles. The van der Waals surface area contributed by atoms with Crippen molar-refractivity contribution in [1.82, 2.24) is 9.97 Å². The van der Waals surface area contributed by atoms with E-state index in [1.165, 1.54) is 28.6 Å². The summed E-state index contributed by atoms with van der Waals surface area (Å²) in [6.07, 6.45) is 3.38. The maximum absolute atomic E-state index is 14.0. The van der Waals surface area contributed by atoms with Gasteiger partial charge in [-0.1, -0.05) is 44.2 Å². The molecule has 0 aliphatic heterocycles. The van der Waals surface area contributed by atoms with Crippen LogP contribution >= 0.6 is 0 Å². The molecule has 0 bridgehead atoms. The Bertz CT molecular complexity index is 1690. The summed E-state index contributed by atoms with van der Waals surface area (Å²) in [7, 11) is 0. The molecule has 0 unspecified atom stereocenters. The molecule has 6 rings (SSSR count). The Morgan fingerprint density at radius 1 is 0.676 bits per heavy atom. The fourth-order valence-electron chi connectivity index (χ4n) is 4.71. The molecule has 0 fully saturated rings. The average Bonchev–Trinajstić information content (AvgIpc) is 2.82. The van der Waals surface area contributed by atoms with E-state index in [2.05, 4.69) is 73.4 Å². The predicted molar refractivity (Wildman–Crippen MR) is 134 cm³/mol. The van der Waals surface area contributed by atoms with Crippen LogP contribution in [0.4, 0.5) is 4.39 Å². The van der Waals surface area contributed by atoms with Crippen LogP contribution in [0.5, 0.6) is 0 Å². The van der Waals surface area contributed by atoms with E-state index in [0.717, 1.165) is 38.7 Å². The van der Waals surface area contributed by atoms with Crippen molar-refractivity contribution in [2.24, 2.45) is 0 Å². The zero-order valence-electron chi connectivity index (χ0n) is 18.7. The summed E-state index contributed by atoms with van der Waals surface area (Å²) >= 11 is 0. The molecule has 0 N–H and O–H groups in total. The van der Waals surface area contributed by atoms with Crippen molar-refractivity contribution in [3.05, 3.63) is 108 Å². The Morgan fingerprint density at radius 2 is 1.41 bits per heavy atom. The van der Waals surface area contributed by atoms with Gasteiger partial charge in [0.25, 0.3) is 0 Å². The van der Waals surface area contributed by atoms with Crippen molar-refractivity contribution < 1.29 is 24.5 Å². The average molecular weight is 620 g/mol. The molecule has 1 radical (unpaired) electrons. The molecule has 2 nitrogen and oxygen atoms in total. The number of benzene rings is 4. The summed E-state index contributed by atoms with van der Waals surface area (Å²) < 4.78 is 14.0. The molecule has 2 aromatic heterocycles. The van der Waals surface area contributed by atoms with Gasteiger partial charge in [0.1, 0.15) is 5.82 Å². The van der Waals surface area contributed by atoms with Gasteiger partial charge < -0.3 is 4.98 Å². The topological polar surface area (TPSA) is 25.8 Å². The number of aromatic nitrogens is 2. The van der Waals surface area contributed by atoms with E-state index in [0.29, 0.717) is 10.9 Å². The maximum atomic E-state index is 14.0. The van der Waals surface area contributed by atoms with Crippen LogP contribution in [-0.2, 0) is 20.1 Å². The molecule has 0 saturated carbocycles. The molecule has 4 heteroatoms. The van der Waals surface area contributed by atoms with Crippen molar-refractivity contribution in [2.75, 3.05) is 0 Å². The number of pyridine rings is 2. The van der Waals surface area contributed by atoms with Crippen molar-refractivity contribution >= 4 is 32.4 Å². The van der Waals surface area contributed by atoms with Crippen molar-refractivity contribution in [1.29, 1.82) is 0 Å². The first-order valence-electron chi connectivity index (χ1n) is 10.9. The number of hydrogen-bond acceptors (Lipinski definition) is 2. The smallest absolute Gasteiger partial charge is 0.134 e. The fraction of sp³-hybridized carbons (Fsp3) is 0.0667. The summed E-state index contributed by atoms with van der Waals surface area (Å²) in [6.45, 7) is 4.17. The van der Waals surface area contributed by atoms with E-state index >= 15 is 0 Å². The van der Waals surface area contributed by atoms with Crippen LogP contribution in [0, 0.1) is 25.7 Å². The first-order chi connectivity index (χ1) is 16.1. The number of aryl methyl sites for hydroxylation is 2. The van der Waals surface area contributed by atoms with Gasteiger partial charge in [0.2, 0.25) is 0 Å². The molecule has 0 atom stereocenters. The minimum absolute atomic E-state index is 0. The van der Waals surface area contributed by atoms with Crippen LogP contribution < -0.4 is 0 Å². The Kier molecular flexibility index (Phi) is 5.73. The summed E-state index contributed by atoms with van der Waals surface area (Å²) in [5.41, 5.74) is 7.04. The van der Waals surface area contributed by atoms with E-state index in [1.54, 1.807) is 6.07 Å². The van der Waals surface area contributed by atoms with Gasteiger partial charge in [-0.25, -0.2) is 4.39 Å². The van der Waals surface area contributed by atoms with Gasteiger partial charge in [-0.05, 0) is 68.7 Å². The number of rotatable bonds is 2. The fourth-order valence-corrected chi connectivity index (χ4v) is 4.71. The summed E-state index contributed by atoms with van der Waals surface area (Å²) in [5, 5.41) is 5.14. The van der Waals surface area contributed by atoms with E-state index in [4.69, 9.17) is 4.98 Å². The normalized spacial score (nSPS) is 11.1. The molecule has 34 heavy (non-hydrogen) atoms. The van der Waals surface area contributed by atoms with Crippen LogP contribution in [0.2, 0.25) is 0 Å². The second-order valence-corrected chi connectivity index (χ2v) is 8.54. The summed E-state index contributed by atoms with van der Waals surface area (Å²) in [5.74, 6) is -0.248. The zero-order chi connectivity index (χ0) is 22.5. The minimum Gasteiger partial charge on any atom is -0.304 e. The summed E-state index contributed by atoms with van der Waals surface area (Å²) in [6, 6.07) is 27.6. The molecule has 6 aromatic rings. The van der Waals surface area contributed by atoms with Crippen LogP contribution in [-0.4, -0.2) is 9.97 Å². The van der Waals surface area contributed by atoms with Crippen molar-refractivity contribution in [3.63, 3.8) is 0 Å². The third-order valence-electron chi connectivity index (χ3n) is 6.19. The SMILES string of the molecule is Cc1[c-]c(-c2nccc3c2ccc2cc(-c4ccc5c(F)ccnc5c4)ccc23)cc(C)c1.[Ir]. The van der Waals surface area contributed by atoms with Gasteiger partial charge in [-0.3, -0.25) is 4.98 Å². The predicted octanol–water partition coefficient (Wildman–Crippen LogP) is 7.82. The van der Waals surface area contributed by atoms with Gasteiger partial charge >= 0.3 is 0 Å². The van der Waals surface area contributed by atoms with E-state index in [9.17, 15) is 4.39 Å². The largest absolute Gasteiger partial charge is 0.304 e. The van der Waals surface area contributed by atoms with E-state index in [1.807, 2.05) is 18.3 Å². The third kappa shape index (κ3) is 3.79. The number of nitrogens with zero attached hydrogens (tertiary/aromatic N) is 2. The summed E-state index contributed by atoms with van der Waals surface area (Å²) in [4.78, 5) is 9.03. The molecule has 4 aromatic carbocycles. The van der Waals surface area contributed by atoms with E-state index in [-0.39, 0.29) is 25.9 Å². The van der Waals surface area contributed by atoms with Crippen LogP contribution in [0.1, 0.15) is 11.1 Å². The second-order valence-electron chi connectivity index (χ2n) is 8.54. The first-order valence-corrected chi connectivity index (χ1v) is 10.9. The Balaban J connectivity index is 0.00000241. The van der Waals surface area contributed by atoms with Gasteiger partial charge in [0.05, 0.1) is 5.52 Å². The Labute approximate surface area is 210 Å². The van der Waals surface area contributed by atoms with Gasteiger partial charge in [0.15, 0.2) is 0 Å². The zero-order valence-corrected chi connectivity index (χ0v) is 21.1. The van der Waals surface area contributed by atoms with Gasteiger partial charge in [-0.15, -0.1) is 34.9 Å². The molecule has 0 amide bonds. The molecule has 0 spiro atoms. The maximum Gasteiger partial charge on any atom is 0.134 e. The first kappa shape index (κ1) is 22.3. The molecule has 0 aliphatic rings. The van der Waals surface area contributed by atoms with Gasteiger partial charge in [-0.2, -0.15) is 0 Å². The minimum atomic E-state index is -0.248. The quantitative estimate of drug-likeness (QED) is 0.146. The monoisotopic (exact) mass is 620 g/mol. The number of hydrogen-bond donors (Lipinski definition) is 0. The number of halogens is 1. The third-order valence-corrected chi connectivity index (χ3v) is 6.19. The standard InChI is InChI=1S/C30H20FN2.Ir/c1-18-13-19(2)15-23(14-18)30-26-7-5-22-16-20(3-6-24(22)25(26)9-11-33-30)21-4-8-27-28(31)10-12-32-29(27)17-21;/h3-14,16-17H,1-2H3;/q-1;. The molecule has 167 valence electrons. The van der Waals surface area contributed by atoms with Gasteiger partial charge in [0, 0.05) is 37.9 Å². The Hall–Kier alpha value is -3.46. The van der Waals surface area contributed by atoms with E-state index < -0.39 is 0 Å². The molecule has 2 heterocycles. The van der Waals surface area contributed by atoms with Crippen LogP contribution in [0.25, 0.3) is 54.8 Å². The van der Waals surface area contributed by atoms with Crippen molar-refractivity contribution in [3.8, 4) is 22.4 Å². The second kappa shape index (κ2) is 8.72. The molecular formula is C30H20FIrN2-. The molecule has 0 aliphatic carbocycles. The van der Waals surface area contributed by atoms with Crippen LogP contribution in [0.15, 0.2) is 85.2 Å². The van der Waals surface area contributed by atoms with Crippen molar-refractivity contribution in [2.45, 2.75) is 13.8 Å². The van der Waals surface area contributed by atoms with Crippen LogP contribution in [0.3, 0.4) is 0 Å². The molecular weight excluding hydrogens is 600 g/mol. The number of fused-ring (bicyclic) bond motifs is 4.